The predicted molar refractivity (Wildman–Crippen MR) is 63.9 cm³/mol. The van der Waals surface area contributed by atoms with Gasteiger partial charge in [0.1, 0.15) is 12.1 Å². The summed E-state index contributed by atoms with van der Waals surface area (Å²) in [5.41, 5.74) is -1.08. The molecular weight excluding hydrogens is 256 g/mol. The molecule has 0 spiro atoms. The van der Waals surface area contributed by atoms with Gasteiger partial charge in [0.2, 0.25) is 0 Å². The van der Waals surface area contributed by atoms with Gasteiger partial charge in [-0.3, -0.25) is 0 Å². The summed E-state index contributed by atoms with van der Waals surface area (Å²) in [6, 6.07) is 3.66. The maximum Gasteiger partial charge on any atom is 0.177 e. The van der Waals surface area contributed by atoms with Crippen LogP contribution in [0.3, 0.4) is 0 Å². The maximum atomic E-state index is 11.8. The van der Waals surface area contributed by atoms with Crippen LogP contribution in [0.5, 0.6) is 0 Å². The molecule has 3 rings (SSSR count). The van der Waals surface area contributed by atoms with E-state index in [2.05, 4.69) is 9.97 Å². The molecule has 2 aliphatic carbocycles. The monoisotopic (exact) mass is 267 g/mol. The zero-order valence-electron chi connectivity index (χ0n) is 11.1. The van der Waals surface area contributed by atoms with Crippen molar-refractivity contribution in [1.29, 1.82) is 10.5 Å². The van der Waals surface area contributed by atoms with Crippen LogP contribution in [0.4, 0.5) is 0 Å². The van der Waals surface area contributed by atoms with Crippen LogP contribution in [0, 0.1) is 28.1 Å². The Morgan fingerprint density at radius 2 is 1.90 bits per heavy atom. The van der Waals surface area contributed by atoms with Gasteiger partial charge in [0.15, 0.2) is 11.4 Å². The van der Waals surface area contributed by atoms with Crippen molar-refractivity contribution in [2.45, 2.75) is 38.0 Å². The number of carbonyl (C=O) groups excluding carboxylic acids is 1. The zero-order chi connectivity index (χ0) is 14.7. The fourth-order valence-electron chi connectivity index (χ4n) is 3.87. The van der Waals surface area contributed by atoms with Crippen molar-refractivity contribution in [3.05, 3.63) is 22.8 Å². The minimum Gasteiger partial charge on any atom is -0.549 e. The van der Waals surface area contributed by atoms with Gasteiger partial charge in [-0.2, -0.15) is 10.5 Å². The van der Waals surface area contributed by atoms with E-state index in [0.717, 1.165) is 0 Å². The smallest absolute Gasteiger partial charge is 0.177 e. The van der Waals surface area contributed by atoms with Crippen LogP contribution < -0.4 is 5.11 Å². The number of aliphatic carboxylic acids is 1. The lowest BCUT2D eigenvalue weighted by Gasteiger charge is -2.38. The molecule has 20 heavy (non-hydrogen) atoms. The largest absolute Gasteiger partial charge is 0.549 e. The third-order valence-corrected chi connectivity index (χ3v) is 5.00. The number of carbonyl (C=O) groups is 1. The van der Waals surface area contributed by atoms with Gasteiger partial charge in [-0.15, -0.1) is 0 Å². The Morgan fingerprint density at radius 3 is 2.45 bits per heavy atom. The Morgan fingerprint density at radius 1 is 1.30 bits per heavy atom. The van der Waals surface area contributed by atoms with Crippen LogP contribution in [0.1, 0.15) is 55.4 Å². The lowest BCUT2D eigenvalue weighted by atomic mass is 9.68. The number of rotatable bonds is 1. The molecule has 0 saturated heterocycles. The molecular formula is C14H11N4O2-. The lowest BCUT2D eigenvalue weighted by Crippen LogP contribution is -2.51. The van der Waals surface area contributed by atoms with E-state index in [-0.39, 0.29) is 17.3 Å². The molecule has 0 aliphatic heterocycles. The van der Waals surface area contributed by atoms with Crippen molar-refractivity contribution in [2.75, 3.05) is 0 Å². The third kappa shape index (κ3) is 1.10. The zero-order valence-corrected chi connectivity index (χ0v) is 11.1. The average molecular weight is 267 g/mol. The summed E-state index contributed by atoms with van der Waals surface area (Å²) in [7, 11) is 0. The molecule has 6 heteroatoms. The molecule has 1 aromatic rings. The summed E-state index contributed by atoms with van der Waals surface area (Å²) in [5, 5.41) is 29.8. The van der Waals surface area contributed by atoms with Gasteiger partial charge in [0.25, 0.3) is 0 Å². The number of nitriles is 2. The Balaban J connectivity index is 2.37. The highest BCUT2D eigenvalue weighted by Crippen LogP contribution is 2.66. The first-order chi connectivity index (χ1) is 9.40. The van der Waals surface area contributed by atoms with E-state index in [1.807, 2.05) is 26.0 Å². The van der Waals surface area contributed by atoms with E-state index in [0.29, 0.717) is 24.2 Å². The van der Waals surface area contributed by atoms with E-state index in [1.54, 1.807) is 0 Å². The highest BCUT2D eigenvalue weighted by atomic mass is 16.4. The van der Waals surface area contributed by atoms with Crippen LogP contribution in [0.15, 0.2) is 0 Å². The van der Waals surface area contributed by atoms with E-state index in [1.165, 1.54) is 0 Å². The van der Waals surface area contributed by atoms with Crippen molar-refractivity contribution in [2.24, 2.45) is 5.41 Å². The van der Waals surface area contributed by atoms with Crippen LogP contribution in [0.25, 0.3) is 0 Å². The molecule has 100 valence electrons. The van der Waals surface area contributed by atoms with Gasteiger partial charge in [-0.05, 0) is 18.3 Å². The summed E-state index contributed by atoms with van der Waals surface area (Å²) in [6.07, 6.45) is 1.12. The number of carboxylic acid groups (broad SMARTS) is 1. The summed E-state index contributed by atoms with van der Waals surface area (Å²) in [4.78, 5) is 20.1. The Hall–Kier alpha value is -2.47. The third-order valence-electron chi connectivity index (χ3n) is 5.00. The van der Waals surface area contributed by atoms with Gasteiger partial charge in [0.05, 0.1) is 22.8 Å². The molecule has 6 nitrogen and oxygen atoms in total. The quantitative estimate of drug-likeness (QED) is 0.714. The first-order valence-electron chi connectivity index (χ1n) is 6.34. The summed E-state index contributed by atoms with van der Waals surface area (Å²) >= 11 is 0. The Kier molecular flexibility index (Phi) is 2.23. The van der Waals surface area contributed by atoms with E-state index >= 15 is 0 Å². The highest BCUT2D eigenvalue weighted by molar-refractivity contribution is 5.83. The number of hydrogen-bond donors (Lipinski definition) is 0. The van der Waals surface area contributed by atoms with Crippen LogP contribution >= 0.6 is 0 Å². The topological polar surface area (TPSA) is 113 Å². The van der Waals surface area contributed by atoms with Gasteiger partial charge >= 0.3 is 0 Å². The first kappa shape index (κ1) is 12.6. The number of nitrogens with zero attached hydrogens (tertiary/aromatic N) is 4. The van der Waals surface area contributed by atoms with Crippen molar-refractivity contribution in [3.8, 4) is 12.1 Å². The van der Waals surface area contributed by atoms with Crippen molar-refractivity contribution >= 4 is 5.97 Å². The van der Waals surface area contributed by atoms with Crippen molar-refractivity contribution < 1.29 is 9.90 Å². The second-order valence-corrected chi connectivity index (χ2v) is 5.88. The minimum absolute atomic E-state index is 0.0388. The summed E-state index contributed by atoms with van der Waals surface area (Å²) in [6.45, 7) is 3.73. The van der Waals surface area contributed by atoms with Gasteiger partial charge < -0.3 is 9.90 Å². The second-order valence-electron chi connectivity index (χ2n) is 5.88. The van der Waals surface area contributed by atoms with Gasteiger partial charge in [-0.1, -0.05) is 13.8 Å². The van der Waals surface area contributed by atoms with Gasteiger partial charge in [-0.25, -0.2) is 9.97 Å². The molecule has 1 saturated carbocycles. The molecule has 0 aromatic carbocycles. The Bertz CT molecular complexity index is 726. The highest BCUT2D eigenvalue weighted by Gasteiger charge is 2.65. The van der Waals surface area contributed by atoms with E-state index in [9.17, 15) is 9.90 Å². The normalized spacial score (nSPS) is 28.5. The van der Waals surface area contributed by atoms with E-state index in [4.69, 9.17) is 10.5 Å². The second kappa shape index (κ2) is 3.55. The van der Waals surface area contributed by atoms with Crippen molar-refractivity contribution in [3.63, 3.8) is 0 Å². The molecule has 0 N–H and O–H groups in total. The molecule has 1 heterocycles. The Labute approximate surface area is 115 Å². The molecule has 2 atom stereocenters. The molecule has 2 bridgehead atoms. The lowest BCUT2D eigenvalue weighted by molar-refractivity contribution is -0.317. The average Bonchev–Trinajstić information content (AvgIpc) is 2.80. The first-order valence-corrected chi connectivity index (χ1v) is 6.34. The number of carboxylic acids is 1. The minimum atomic E-state index is -1.21. The summed E-state index contributed by atoms with van der Waals surface area (Å²) in [5.74, 6) is -1.24. The predicted octanol–water partition coefficient (Wildman–Crippen LogP) is 0.125. The molecule has 0 unspecified atom stereocenters. The number of aromatic nitrogens is 2. The SMILES string of the molecule is CC1(C)[C@H]2CC[C@]1(C(=O)[O-])c1nc(C#N)c(C#N)nc12. The molecule has 0 amide bonds. The molecule has 0 radical (unpaired) electrons. The fourth-order valence-corrected chi connectivity index (χ4v) is 3.87. The summed E-state index contributed by atoms with van der Waals surface area (Å²) < 4.78 is 0. The van der Waals surface area contributed by atoms with Crippen LogP contribution in [-0.2, 0) is 10.2 Å². The molecule has 1 aromatic heterocycles. The number of hydrogen-bond acceptors (Lipinski definition) is 6. The van der Waals surface area contributed by atoms with Crippen LogP contribution in [-0.4, -0.2) is 15.9 Å². The maximum absolute atomic E-state index is 11.8. The van der Waals surface area contributed by atoms with Crippen LogP contribution in [0.2, 0.25) is 0 Å². The molecule has 1 fully saturated rings. The number of fused-ring (bicyclic) bond motifs is 5. The standard InChI is InChI=1S/C14H12N4O2/c1-13(2)7-3-4-14(13,12(19)20)11-10(7)17-8(5-15)9(6-16)18-11/h7H,3-4H2,1-2H3,(H,19,20)/p-1/t7-,14+/m0/s1. The van der Waals surface area contributed by atoms with E-state index < -0.39 is 16.8 Å². The van der Waals surface area contributed by atoms with Crippen molar-refractivity contribution in [1.82, 2.24) is 9.97 Å². The molecule has 2 aliphatic rings. The fraction of sp³-hybridized carbons (Fsp3) is 0.500. The van der Waals surface area contributed by atoms with Gasteiger partial charge in [0, 0.05) is 5.92 Å².